The average molecular weight is 433 g/mol. The lowest BCUT2D eigenvalue weighted by molar-refractivity contribution is -0.386. The van der Waals surface area contributed by atoms with Crippen LogP contribution in [0.5, 0.6) is 11.5 Å². The molecule has 1 heterocycles. The summed E-state index contributed by atoms with van der Waals surface area (Å²) in [5.74, 6) is -0.393. The Morgan fingerprint density at radius 2 is 2.00 bits per heavy atom. The van der Waals surface area contributed by atoms with Crippen molar-refractivity contribution in [2.45, 2.75) is 33.6 Å². The van der Waals surface area contributed by atoms with E-state index < -0.39 is 22.1 Å². The van der Waals surface area contributed by atoms with Gasteiger partial charge in [-0.25, -0.2) is 10.2 Å². The van der Waals surface area contributed by atoms with E-state index in [2.05, 4.69) is 15.5 Å². The van der Waals surface area contributed by atoms with Crippen molar-refractivity contribution in [2.24, 2.45) is 5.10 Å². The highest BCUT2D eigenvalue weighted by Gasteiger charge is 2.22. The lowest BCUT2D eigenvalue weighted by Crippen LogP contribution is -2.30. The fraction of sp³-hybridized carbons (Fsp3) is 0.368. The van der Waals surface area contributed by atoms with Gasteiger partial charge in [0.2, 0.25) is 11.7 Å². The van der Waals surface area contributed by atoms with Crippen molar-refractivity contribution < 1.29 is 19.2 Å². The number of carbonyl (C=O) groups is 1. The zero-order valence-corrected chi connectivity index (χ0v) is 17.3. The fourth-order valence-corrected chi connectivity index (χ4v) is 2.65. The topological polar surface area (TPSA) is 169 Å². The lowest BCUT2D eigenvalue weighted by Gasteiger charge is -2.12. The van der Waals surface area contributed by atoms with E-state index >= 15 is 0 Å². The molecule has 0 aliphatic heterocycles. The van der Waals surface area contributed by atoms with Gasteiger partial charge in [-0.2, -0.15) is 5.10 Å². The van der Waals surface area contributed by atoms with Crippen LogP contribution in [0.25, 0.3) is 0 Å². The molecule has 0 atom stereocenters. The van der Waals surface area contributed by atoms with Crippen molar-refractivity contribution in [1.82, 2.24) is 15.4 Å². The molecule has 3 N–H and O–H groups in total. The highest BCUT2D eigenvalue weighted by Crippen LogP contribution is 2.38. The summed E-state index contributed by atoms with van der Waals surface area (Å²) in [5.41, 5.74) is 1.29. The summed E-state index contributed by atoms with van der Waals surface area (Å²) in [4.78, 5) is 50.4. The molecule has 0 aliphatic rings. The Balaban J connectivity index is 2.21. The maximum atomic E-state index is 12.1. The van der Waals surface area contributed by atoms with Crippen LogP contribution in [0.4, 0.5) is 5.69 Å². The van der Waals surface area contributed by atoms with E-state index in [1.807, 2.05) is 11.9 Å². The van der Waals surface area contributed by atoms with Gasteiger partial charge in [0.15, 0.2) is 5.75 Å². The number of ether oxygens (including phenoxy) is 2. The third-order valence-corrected chi connectivity index (χ3v) is 4.00. The van der Waals surface area contributed by atoms with E-state index in [4.69, 9.17) is 9.47 Å². The molecule has 31 heavy (non-hydrogen) atoms. The Hall–Kier alpha value is -3.96. The molecule has 12 nitrogen and oxygen atoms in total. The van der Waals surface area contributed by atoms with Crippen LogP contribution in [0.2, 0.25) is 0 Å². The van der Waals surface area contributed by atoms with Crippen molar-refractivity contribution >= 4 is 17.8 Å². The van der Waals surface area contributed by atoms with Crippen molar-refractivity contribution in [3.05, 3.63) is 59.9 Å². The molecule has 0 radical (unpaired) electrons. The first kappa shape index (κ1) is 23.3. The molecule has 2 rings (SSSR count). The van der Waals surface area contributed by atoms with Crippen LogP contribution < -0.4 is 26.1 Å². The van der Waals surface area contributed by atoms with Crippen molar-refractivity contribution in [3.63, 3.8) is 0 Å². The van der Waals surface area contributed by atoms with Gasteiger partial charge < -0.3 is 14.5 Å². The first-order valence-electron chi connectivity index (χ1n) is 9.48. The van der Waals surface area contributed by atoms with Gasteiger partial charge in [0.1, 0.15) is 0 Å². The third kappa shape index (κ3) is 6.26. The molecule has 0 spiro atoms. The number of aromatic amines is 2. The molecule has 166 valence electrons. The van der Waals surface area contributed by atoms with Gasteiger partial charge in [-0.05, 0) is 26.3 Å². The fourth-order valence-electron chi connectivity index (χ4n) is 2.65. The van der Waals surface area contributed by atoms with Crippen molar-refractivity contribution in [3.8, 4) is 11.5 Å². The molecule has 0 saturated heterocycles. The number of carbonyl (C=O) groups excluding carboxylic acids is 1. The van der Waals surface area contributed by atoms with Gasteiger partial charge in [-0.3, -0.25) is 24.7 Å². The number of rotatable bonds is 10. The van der Waals surface area contributed by atoms with Gasteiger partial charge >= 0.3 is 11.4 Å². The van der Waals surface area contributed by atoms with Crippen LogP contribution in [0.15, 0.2) is 26.8 Å². The second-order valence-electron chi connectivity index (χ2n) is 6.39. The molecule has 1 amide bonds. The third-order valence-electron chi connectivity index (χ3n) is 4.00. The number of amides is 1. The Bertz CT molecular complexity index is 1100. The number of nitrogens with one attached hydrogen (secondary N) is 3. The molecule has 0 fully saturated rings. The zero-order valence-electron chi connectivity index (χ0n) is 17.3. The van der Waals surface area contributed by atoms with Crippen LogP contribution in [0.3, 0.4) is 0 Å². The van der Waals surface area contributed by atoms with Crippen LogP contribution in [0, 0.1) is 17.0 Å². The lowest BCUT2D eigenvalue weighted by atomic mass is 10.1. The first-order valence-corrected chi connectivity index (χ1v) is 9.48. The number of nitro groups is 1. The summed E-state index contributed by atoms with van der Waals surface area (Å²) in [6.45, 7) is 5.66. The molecule has 12 heteroatoms. The first-order chi connectivity index (χ1) is 14.8. The van der Waals surface area contributed by atoms with E-state index in [0.29, 0.717) is 12.0 Å². The second-order valence-corrected chi connectivity index (χ2v) is 6.39. The van der Waals surface area contributed by atoms with Gasteiger partial charge in [-0.15, -0.1) is 0 Å². The van der Waals surface area contributed by atoms with Crippen molar-refractivity contribution in [2.75, 3.05) is 13.2 Å². The predicted molar refractivity (Wildman–Crippen MR) is 112 cm³/mol. The molecule has 0 bridgehead atoms. The standard InChI is InChI=1S/C19H23N5O7/c1-4-6-31-17-14(24(28)29)7-12(8-15(17)30-5-2)10-20-23-16(25)9-13-11(3)21-19(27)22-18(13)26/h7-8,10H,4-6,9H2,1-3H3,(H,23,25)(H2,21,22,26,27)/b20-10-. The second kappa shape index (κ2) is 10.7. The normalized spacial score (nSPS) is 10.8. The average Bonchev–Trinajstić information content (AvgIpc) is 2.69. The smallest absolute Gasteiger partial charge is 0.325 e. The maximum Gasteiger partial charge on any atom is 0.325 e. The van der Waals surface area contributed by atoms with E-state index in [1.54, 1.807) is 6.92 Å². The highest BCUT2D eigenvalue weighted by molar-refractivity contribution is 5.85. The van der Waals surface area contributed by atoms with Gasteiger partial charge in [0.05, 0.1) is 30.8 Å². The quantitative estimate of drug-likeness (QED) is 0.287. The van der Waals surface area contributed by atoms with E-state index in [0.717, 1.165) is 0 Å². The summed E-state index contributed by atoms with van der Waals surface area (Å²) in [6, 6.07) is 2.76. The Morgan fingerprint density at radius 1 is 1.26 bits per heavy atom. The molecule has 0 saturated carbocycles. The highest BCUT2D eigenvalue weighted by atomic mass is 16.6. The van der Waals surface area contributed by atoms with Crippen LogP contribution in [0.1, 0.15) is 37.1 Å². The number of hydrogen-bond donors (Lipinski definition) is 3. The van der Waals surface area contributed by atoms with E-state index in [1.165, 1.54) is 25.3 Å². The number of hydrogen-bond acceptors (Lipinski definition) is 8. The number of nitro benzene ring substituents is 1. The molecule has 1 aromatic heterocycles. The van der Waals surface area contributed by atoms with Gasteiger partial charge in [-0.1, -0.05) is 6.92 Å². The molecular formula is C19H23N5O7. The number of benzene rings is 1. The Morgan fingerprint density at radius 3 is 2.61 bits per heavy atom. The minimum Gasteiger partial charge on any atom is -0.490 e. The summed E-state index contributed by atoms with van der Waals surface area (Å²) in [6.07, 6.45) is 1.56. The van der Waals surface area contributed by atoms with Crippen LogP contribution in [-0.2, 0) is 11.2 Å². The number of hydrazone groups is 1. The van der Waals surface area contributed by atoms with E-state index in [9.17, 15) is 24.5 Å². The number of H-pyrrole nitrogens is 2. The maximum absolute atomic E-state index is 12.1. The number of aryl methyl sites for hydroxylation is 1. The monoisotopic (exact) mass is 433 g/mol. The Labute approximate surface area is 176 Å². The van der Waals surface area contributed by atoms with E-state index in [-0.39, 0.29) is 48.1 Å². The Kier molecular flexibility index (Phi) is 8.06. The van der Waals surface area contributed by atoms with Gasteiger partial charge in [0.25, 0.3) is 5.56 Å². The zero-order chi connectivity index (χ0) is 23.0. The minimum atomic E-state index is -0.667. The summed E-state index contributed by atoms with van der Waals surface area (Å²) in [7, 11) is 0. The minimum absolute atomic E-state index is 0.0302. The molecule has 0 unspecified atom stereocenters. The molecular weight excluding hydrogens is 410 g/mol. The predicted octanol–water partition coefficient (Wildman–Crippen LogP) is 1.16. The summed E-state index contributed by atoms with van der Waals surface area (Å²) >= 11 is 0. The molecule has 0 aliphatic carbocycles. The largest absolute Gasteiger partial charge is 0.490 e. The SMILES string of the molecule is CCCOc1c(OCC)cc(/C=N\NC(=O)Cc2c(C)[nH]c(=O)[nH]c2=O)cc1[N+](=O)[O-]. The molecule has 1 aromatic carbocycles. The van der Waals surface area contributed by atoms with Gasteiger partial charge in [0, 0.05) is 22.9 Å². The molecule has 2 aromatic rings. The van der Waals surface area contributed by atoms with Crippen LogP contribution >= 0.6 is 0 Å². The van der Waals surface area contributed by atoms with Crippen LogP contribution in [-0.4, -0.2) is 40.2 Å². The summed E-state index contributed by atoms with van der Waals surface area (Å²) in [5, 5.41) is 15.2. The summed E-state index contributed by atoms with van der Waals surface area (Å²) < 4.78 is 10.9. The number of aromatic nitrogens is 2. The van der Waals surface area contributed by atoms with Crippen molar-refractivity contribution in [1.29, 1.82) is 0 Å². The number of nitrogens with zero attached hydrogens (tertiary/aromatic N) is 2.